The topological polar surface area (TPSA) is 27.7 Å². The van der Waals surface area contributed by atoms with E-state index >= 15 is 8.78 Å². The smallest absolute Gasteiger partial charge is 0.429 e. The van der Waals surface area contributed by atoms with Gasteiger partial charge in [-0.3, -0.25) is 0 Å². The van der Waals surface area contributed by atoms with Gasteiger partial charge in [0.2, 0.25) is 5.82 Å². The van der Waals surface area contributed by atoms with Gasteiger partial charge in [-0.15, -0.1) is 0 Å². The summed E-state index contributed by atoms with van der Waals surface area (Å²) >= 11 is 0. The highest BCUT2D eigenvalue weighted by molar-refractivity contribution is 5.69. The number of hydrogen-bond donors (Lipinski definition) is 0. The quantitative estimate of drug-likeness (QED) is 0.172. The molecule has 0 amide bonds. The van der Waals surface area contributed by atoms with Crippen LogP contribution in [0.15, 0.2) is 54.6 Å². The van der Waals surface area contributed by atoms with Crippen LogP contribution in [0.3, 0.4) is 0 Å². The molecule has 4 aromatic carbocycles. The first-order valence-corrected chi connectivity index (χ1v) is 12.8. The van der Waals surface area contributed by atoms with E-state index in [4.69, 9.17) is 9.47 Å². The van der Waals surface area contributed by atoms with Crippen LogP contribution in [-0.4, -0.2) is 6.61 Å². The minimum absolute atomic E-state index is 0.00329. The van der Waals surface area contributed by atoms with Gasteiger partial charge < -0.3 is 14.2 Å². The van der Waals surface area contributed by atoms with Crippen LogP contribution in [0.4, 0.5) is 30.7 Å². The molecule has 0 N–H and O–H groups in total. The van der Waals surface area contributed by atoms with Crippen molar-refractivity contribution in [1.29, 1.82) is 0 Å². The number of benzene rings is 4. The number of rotatable bonds is 8. The number of alkyl halides is 2. The van der Waals surface area contributed by atoms with Gasteiger partial charge in [0.1, 0.15) is 11.6 Å². The van der Waals surface area contributed by atoms with Gasteiger partial charge in [0.05, 0.1) is 12.2 Å². The minimum atomic E-state index is -4.24. The highest BCUT2D eigenvalue weighted by atomic mass is 19.3. The molecule has 1 aliphatic heterocycles. The molecule has 41 heavy (non-hydrogen) atoms. The van der Waals surface area contributed by atoms with Crippen molar-refractivity contribution in [3.8, 4) is 34.1 Å². The molecule has 1 aliphatic rings. The molecule has 214 valence electrons. The van der Waals surface area contributed by atoms with Crippen LogP contribution in [0.2, 0.25) is 0 Å². The van der Waals surface area contributed by atoms with E-state index in [1.54, 1.807) is 19.1 Å². The van der Waals surface area contributed by atoms with E-state index in [0.717, 1.165) is 18.2 Å². The number of halogens is 7. The van der Waals surface area contributed by atoms with Crippen LogP contribution >= 0.6 is 0 Å². The van der Waals surface area contributed by atoms with Gasteiger partial charge >= 0.3 is 6.11 Å². The number of aryl methyl sites for hydroxylation is 1. The summed E-state index contributed by atoms with van der Waals surface area (Å²) in [6.07, 6.45) is -3.12. The maximum atomic E-state index is 15.1. The lowest BCUT2D eigenvalue weighted by molar-refractivity contribution is -0.187. The Kier molecular flexibility index (Phi) is 7.59. The van der Waals surface area contributed by atoms with Crippen LogP contribution in [0.5, 0.6) is 23.0 Å². The van der Waals surface area contributed by atoms with Crippen molar-refractivity contribution in [3.63, 3.8) is 0 Å². The predicted octanol–water partition coefficient (Wildman–Crippen LogP) is 9.23. The third-order valence-electron chi connectivity index (χ3n) is 6.64. The van der Waals surface area contributed by atoms with Crippen molar-refractivity contribution in [2.45, 2.75) is 39.2 Å². The maximum Gasteiger partial charge on any atom is 0.429 e. The molecular formula is C31H23F7O3. The third-order valence-corrected chi connectivity index (χ3v) is 6.64. The zero-order chi connectivity index (χ0) is 29.5. The SMILES string of the molecule is CCCc1ccc2c(c1F)Oc1c(cc(-c3ccc(C(F)(F)Oc4ccc(OCC)c(F)c4)c(F)c3)c(F)c1F)C2. The molecule has 3 nitrogen and oxygen atoms in total. The largest absolute Gasteiger partial charge is 0.491 e. The van der Waals surface area contributed by atoms with E-state index in [2.05, 4.69) is 4.74 Å². The van der Waals surface area contributed by atoms with Crippen molar-refractivity contribution in [2.75, 3.05) is 6.61 Å². The van der Waals surface area contributed by atoms with Crippen LogP contribution in [0.1, 0.15) is 42.5 Å². The van der Waals surface area contributed by atoms with Gasteiger partial charge in [-0.25, -0.2) is 17.6 Å². The second kappa shape index (κ2) is 11.0. The van der Waals surface area contributed by atoms with E-state index in [1.165, 1.54) is 6.07 Å². The molecule has 0 spiro atoms. The summed E-state index contributed by atoms with van der Waals surface area (Å²) in [5.74, 6) is -7.33. The molecule has 1 heterocycles. The summed E-state index contributed by atoms with van der Waals surface area (Å²) in [6.45, 7) is 3.64. The Hall–Kier alpha value is -4.21. The lowest BCUT2D eigenvalue weighted by Gasteiger charge is -2.23. The molecule has 0 atom stereocenters. The zero-order valence-corrected chi connectivity index (χ0v) is 21.9. The lowest BCUT2D eigenvalue weighted by atomic mass is 9.93. The van der Waals surface area contributed by atoms with Crippen molar-refractivity contribution < 1.29 is 44.9 Å². The molecule has 5 rings (SSSR count). The average Bonchev–Trinajstić information content (AvgIpc) is 2.93. The summed E-state index contributed by atoms with van der Waals surface area (Å²) in [5, 5.41) is 0. The van der Waals surface area contributed by atoms with Crippen LogP contribution < -0.4 is 14.2 Å². The van der Waals surface area contributed by atoms with E-state index in [0.29, 0.717) is 42.2 Å². The van der Waals surface area contributed by atoms with Gasteiger partial charge in [-0.1, -0.05) is 31.5 Å². The fourth-order valence-corrected chi connectivity index (χ4v) is 4.71. The highest BCUT2D eigenvalue weighted by Crippen LogP contribution is 2.44. The van der Waals surface area contributed by atoms with Crippen molar-refractivity contribution in [1.82, 2.24) is 0 Å². The summed E-state index contributed by atoms with van der Waals surface area (Å²) in [5.41, 5.74) is -0.870. The Morgan fingerprint density at radius 3 is 2.22 bits per heavy atom. The van der Waals surface area contributed by atoms with Gasteiger partial charge in [-0.05, 0) is 54.8 Å². The minimum Gasteiger partial charge on any atom is -0.491 e. The molecule has 0 radical (unpaired) electrons. The van der Waals surface area contributed by atoms with E-state index < -0.39 is 57.8 Å². The van der Waals surface area contributed by atoms with Gasteiger partial charge in [-0.2, -0.15) is 13.2 Å². The Balaban J connectivity index is 1.44. The second-order valence-corrected chi connectivity index (χ2v) is 9.43. The summed E-state index contributed by atoms with van der Waals surface area (Å²) in [4.78, 5) is 0. The highest BCUT2D eigenvalue weighted by Gasteiger charge is 2.38. The van der Waals surface area contributed by atoms with Crippen molar-refractivity contribution >= 4 is 0 Å². The summed E-state index contributed by atoms with van der Waals surface area (Å²) in [6, 6.07) is 9.52. The Labute approximate surface area is 231 Å². The molecule has 0 saturated carbocycles. The fraction of sp³-hybridized carbons (Fsp3) is 0.226. The maximum absolute atomic E-state index is 15.1. The first-order valence-electron chi connectivity index (χ1n) is 12.8. The van der Waals surface area contributed by atoms with Crippen molar-refractivity contribution in [2.24, 2.45) is 0 Å². The number of hydrogen-bond acceptors (Lipinski definition) is 3. The third kappa shape index (κ3) is 5.30. The average molecular weight is 577 g/mol. The summed E-state index contributed by atoms with van der Waals surface area (Å²) < 4.78 is 119. The first-order chi connectivity index (χ1) is 19.5. The molecule has 10 heteroatoms. The van der Waals surface area contributed by atoms with E-state index in [-0.39, 0.29) is 35.7 Å². The monoisotopic (exact) mass is 576 g/mol. The number of ether oxygens (including phenoxy) is 3. The lowest BCUT2D eigenvalue weighted by Crippen LogP contribution is -2.23. The molecule has 0 aromatic heterocycles. The van der Waals surface area contributed by atoms with Gasteiger partial charge in [0.25, 0.3) is 0 Å². The van der Waals surface area contributed by atoms with Crippen molar-refractivity contribution in [3.05, 3.63) is 106 Å². The molecule has 0 unspecified atom stereocenters. The normalized spacial score (nSPS) is 12.4. The van der Waals surface area contributed by atoms with Gasteiger partial charge in [0, 0.05) is 29.2 Å². The van der Waals surface area contributed by atoms with Crippen LogP contribution in [0.25, 0.3) is 11.1 Å². The summed E-state index contributed by atoms with van der Waals surface area (Å²) in [7, 11) is 0. The fourth-order valence-electron chi connectivity index (χ4n) is 4.71. The van der Waals surface area contributed by atoms with Gasteiger partial charge in [0.15, 0.2) is 34.7 Å². The molecule has 0 bridgehead atoms. The Bertz CT molecular complexity index is 1640. The Morgan fingerprint density at radius 2 is 1.54 bits per heavy atom. The molecule has 0 saturated heterocycles. The van der Waals surface area contributed by atoms with Crippen LogP contribution in [-0.2, 0) is 19.0 Å². The first kappa shape index (κ1) is 28.3. The second-order valence-electron chi connectivity index (χ2n) is 9.43. The Morgan fingerprint density at radius 1 is 0.780 bits per heavy atom. The van der Waals surface area contributed by atoms with E-state index in [1.807, 2.05) is 6.92 Å². The molecule has 0 fully saturated rings. The molecule has 0 aliphatic carbocycles. The molecular weight excluding hydrogens is 553 g/mol. The van der Waals surface area contributed by atoms with E-state index in [9.17, 15) is 22.0 Å². The number of fused-ring (bicyclic) bond motifs is 2. The zero-order valence-electron chi connectivity index (χ0n) is 21.9. The molecule has 4 aromatic rings. The van der Waals surface area contributed by atoms with Crippen LogP contribution in [0, 0.1) is 29.1 Å². The predicted molar refractivity (Wildman–Crippen MR) is 137 cm³/mol. The standard InChI is InChI=1S/C31H23F7O3/c1-3-5-16-6-7-18-12-19-13-21(27(35)28(36)30(19)40-29(18)26(16)34)17-8-10-22(23(32)14-17)31(37,38)41-20-9-11-25(39-4-2)24(33)15-20/h6-11,13-15H,3-5,12H2,1-2H3.